The predicted molar refractivity (Wildman–Crippen MR) is 85.7 cm³/mol. The van der Waals surface area contributed by atoms with Gasteiger partial charge in [0.1, 0.15) is 5.82 Å². The molecule has 0 amide bonds. The molecule has 1 atom stereocenters. The second kappa shape index (κ2) is 6.85. The fraction of sp³-hybridized carbons (Fsp3) is 0.429. The van der Waals surface area contributed by atoms with E-state index < -0.39 is 0 Å². The van der Waals surface area contributed by atoms with Crippen molar-refractivity contribution in [2.45, 2.75) is 32.2 Å². The molecular weight excluding hydrogens is 320 g/mol. The number of rotatable bonds is 6. The van der Waals surface area contributed by atoms with Gasteiger partial charge < -0.3 is 16.2 Å². The highest BCUT2D eigenvalue weighted by Gasteiger charge is 2.13. The molecule has 2 aromatic rings. The van der Waals surface area contributed by atoms with Gasteiger partial charge in [0.05, 0.1) is 23.6 Å². The van der Waals surface area contributed by atoms with Crippen LogP contribution in [0.4, 0.5) is 11.8 Å². The molecule has 5 nitrogen and oxygen atoms in total. The number of aromatic nitrogens is 2. The normalized spacial score (nSPS) is 12.6. The maximum Gasteiger partial charge on any atom is 0.222 e. The summed E-state index contributed by atoms with van der Waals surface area (Å²) in [6, 6.07) is 5.71. The van der Waals surface area contributed by atoms with Crippen molar-refractivity contribution in [3.05, 3.63) is 22.7 Å². The molecule has 0 saturated heterocycles. The molecule has 0 aliphatic carbocycles. The summed E-state index contributed by atoms with van der Waals surface area (Å²) in [4.78, 5) is 8.50. The number of unbranched alkanes of at least 4 members (excludes halogenated alkanes) is 1. The van der Waals surface area contributed by atoms with Crippen LogP contribution in [0.3, 0.4) is 0 Å². The third kappa shape index (κ3) is 3.37. The number of hydrogen-bond donors (Lipinski definition) is 3. The lowest BCUT2D eigenvalue weighted by atomic mass is 10.1. The van der Waals surface area contributed by atoms with E-state index in [1.807, 2.05) is 18.2 Å². The fourth-order valence-electron chi connectivity index (χ4n) is 2.12. The van der Waals surface area contributed by atoms with Gasteiger partial charge in [-0.05, 0) is 34.5 Å². The first kappa shape index (κ1) is 15.0. The van der Waals surface area contributed by atoms with Gasteiger partial charge in [-0.1, -0.05) is 25.8 Å². The zero-order chi connectivity index (χ0) is 14.5. The quantitative estimate of drug-likeness (QED) is 0.754. The first-order valence-corrected chi connectivity index (χ1v) is 7.54. The van der Waals surface area contributed by atoms with Crippen molar-refractivity contribution in [3.8, 4) is 0 Å². The van der Waals surface area contributed by atoms with Crippen LogP contribution in [-0.4, -0.2) is 27.7 Å². The van der Waals surface area contributed by atoms with E-state index in [0.717, 1.165) is 34.6 Å². The molecule has 0 spiro atoms. The van der Waals surface area contributed by atoms with Crippen LogP contribution >= 0.6 is 15.9 Å². The smallest absolute Gasteiger partial charge is 0.222 e. The number of anilines is 2. The van der Waals surface area contributed by atoms with Crippen molar-refractivity contribution >= 4 is 38.6 Å². The number of halogens is 1. The van der Waals surface area contributed by atoms with Crippen molar-refractivity contribution in [1.82, 2.24) is 9.97 Å². The first-order valence-electron chi connectivity index (χ1n) is 6.74. The minimum atomic E-state index is -0.0282. The number of fused-ring (bicyclic) bond motifs is 1. The Labute approximate surface area is 126 Å². The zero-order valence-electron chi connectivity index (χ0n) is 11.4. The Balaban J connectivity index is 2.37. The molecule has 4 N–H and O–H groups in total. The average molecular weight is 339 g/mol. The number of nitrogens with two attached hydrogens (primary N) is 1. The van der Waals surface area contributed by atoms with Gasteiger partial charge in [-0.25, -0.2) is 4.98 Å². The van der Waals surface area contributed by atoms with Gasteiger partial charge in [0.15, 0.2) is 0 Å². The molecule has 108 valence electrons. The summed E-state index contributed by atoms with van der Waals surface area (Å²) in [5.41, 5.74) is 6.53. The minimum Gasteiger partial charge on any atom is -0.394 e. The molecule has 0 aliphatic heterocycles. The number of aliphatic hydroxyl groups excluding tert-OH is 1. The fourth-order valence-corrected chi connectivity index (χ4v) is 2.66. The van der Waals surface area contributed by atoms with Gasteiger partial charge in [-0.2, -0.15) is 4.98 Å². The molecule has 0 bridgehead atoms. The summed E-state index contributed by atoms with van der Waals surface area (Å²) in [5.74, 6) is 0.889. The number of nitrogens with one attached hydrogen (secondary N) is 1. The molecular formula is C14H19BrN4O. The topological polar surface area (TPSA) is 84.1 Å². The molecule has 0 unspecified atom stereocenters. The summed E-state index contributed by atoms with van der Waals surface area (Å²) in [7, 11) is 0. The van der Waals surface area contributed by atoms with E-state index in [9.17, 15) is 5.11 Å². The Morgan fingerprint density at radius 1 is 1.40 bits per heavy atom. The van der Waals surface area contributed by atoms with Gasteiger partial charge >= 0.3 is 0 Å². The van der Waals surface area contributed by atoms with Crippen molar-refractivity contribution in [2.24, 2.45) is 0 Å². The SMILES string of the molecule is CCCC[C@H](CO)Nc1nc(N)nc2cccc(Br)c12. The molecule has 0 aliphatic rings. The summed E-state index contributed by atoms with van der Waals surface area (Å²) < 4.78 is 0.907. The number of benzene rings is 1. The lowest BCUT2D eigenvalue weighted by Gasteiger charge is -2.18. The molecule has 1 aromatic carbocycles. The molecule has 1 aromatic heterocycles. The van der Waals surface area contributed by atoms with E-state index in [1.54, 1.807) is 0 Å². The second-order valence-electron chi connectivity index (χ2n) is 4.73. The Morgan fingerprint density at radius 3 is 2.90 bits per heavy atom. The van der Waals surface area contributed by atoms with Crippen molar-refractivity contribution in [2.75, 3.05) is 17.7 Å². The third-order valence-corrected chi connectivity index (χ3v) is 3.82. The van der Waals surface area contributed by atoms with Crippen molar-refractivity contribution in [3.63, 3.8) is 0 Å². The van der Waals surface area contributed by atoms with Crippen LogP contribution in [0.15, 0.2) is 22.7 Å². The Bertz CT molecular complexity index is 591. The molecule has 2 rings (SSSR count). The van der Waals surface area contributed by atoms with Crippen molar-refractivity contribution < 1.29 is 5.11 Å². The Kier molecular flexibility index (Phi) is 5.14. The summed E-state index contributed by atoms with van der Waals surface area (Å²) >= 11 is 3.51. The maximum absolute atomic E-state index is 9.48. The van der Waals surface area contributed by atoms with E-state index in [-0.39, 0.29) is 18.6 Å². The largest absolute Gasteiger partial charge is 0.394 e. The Hall–Kier alpha value is -1.40. The first-order chi connectivity index (χ1) is 9.65. The highest BCUT2D eigenvalue weighted by molar-refractivity contribution is 9.10. The number of nitrogen functional groups attached to an aromatic ring is 1. The second-order valence-corrected chi connectivity index (χ2v) is 5.58. The summed E-state index contributed by atoms with van der Waals surface area (Å²) in [6.45, 7) is 2.19. The molecule has 0 fully saturated rings. The van der Waals surface area contributed by atoms with E-state index >= 15 is 0 Å². The van der Waals surface area contributed by atoms with Crippen molar-refractivity contribution in [1.29, 1.82) is 0 Å². The number of hydrogen-bond acceptors (Lipinski definition) is 5. The third-order valence-electron chi connectivity index (χ3n) is 3.16. The number of aliphatic hydroxyl groups is 1. The highest BCUT2D eigenvalue weighted by atomic mass is 79.9. The molecule has 0 saturated carbocycles. The van der Waals surface area contributed by atoms with Crippen LogP contribution in [0, 0.1) is 0 Å². The average Bonchev–Trinajstić information content (AvgIpc) is 2.42. The highest BCUT2D eigenvalue weighted by Crippen LogP contribution is 2.29. The van der Waals surface area contributed by atoms with Crippen LogP contribution in [0.2, 0.25) is 0 Å². The van der Waals surface area contributed by atoms with E-state index in [1.165, 1.54) is 0 Å². The van der Waals surface area contributed by atoms with Crippen LogP contribution < -0.4 is 11.1 Å². The molecule has 1 heterocycles. The molecule has 0 radical (unpaired) electrons. The summed E-state index contributed by atoms with van der Waals surface area (Å²) in [6.07, 6.45) is 3.04. The maximum atomic E-state index is 9.48. The van der Waals surface area contributed by atoms with Crippen LogP contribution in [-0.2, 0) is 0 Å². The lowest BCUT2D eigenvalue weighted by Crippen LogP contribution is -2.24. The van der Waals surface area contributed by atoms with E-state index in [2.05, 4.69) is 38.1 Å². The van der Waals surface area contributed by atoms with Crippen LogP contribution in [0.5, 0.6) is 0 Å². The van der Waals surface area contributed by atoms with E-state index in [0.29, 0.717) is 5.82 Å². The zero-order valence-corrected chi connectivity index (χ0v) is 13.0. The predicted octanol–water partition coefficient (Wildman–Crippen LogP) is 2.94. The van der Waals surface area contributed by atoms with Gasteiger partial charge in [0.2, 0.25) is 5.95 Å². The van der Waals surface area contributed by atoms with Crippen LogP contribution in [0.25, 0.3) is 10.9 Å². The van der Waals surface area contributed by atoms with Gasteiger partial charge in [-0.3, -0.25) is 0 Å². The van der Waals surface area contributed by atoms with Gasteiger partial charge in [-0.15, -0.1) is 0 Å². The standard InChI is InChI=1S/C14H19BrN4O/c1-2-3-5-9(8-20)17-13-12-10(15)6-4-7-11(12)18-14(16)19-13/h4,6-7,9,20H,2-3,5,8H2,1H3,(H3,16,17,18,19)/t9-/m1/s1. The summed E-state index contributed by atoms with van der Waals surface area (Å²) in [5, 5.41) is 13.6. The Morgan fingerprint density at radius 2 is 2.20 bits per heavy atom. The van der Waals surface area contributed by atoms with Gasteiger partial charge in [0, 0.05) is 4.47 Å². The molecule has 6 heteroatoms. The minimum absolute atomic E-state index is 0.0282. The number of nitrogens with zero attached hydrogens (tertiary/aromatic N) is 2. The lowest BCUT2D eigenvalue weighted by molar-refractivity contribution is 0.267. The van der Waals surface area contributed by atoms with Gasteiger partial charge in [0.25, 0.3) is 0 Å². The molecule has 20 heavy (non-hydrogen) atoms. The monoisotopic (exact) mass is 338 g/mol. The van der Waals surface area contributed by atoms with E-state index in [4.69, 9.17) is 5.73 Å². The van der Waals surface area contributed by atoms with Crippen LogP contribution in [0.1, 0.15) is 26.2 Å².